The highest BCUT2D eigenvalue weighted by molar-refractivity contribution is 6.56. The van der Waals surface area contributed by atoms with E-state index in [1.54, 1.807) is 0 Å². The van der Waals surface area contributed by atoms with E-state index in [1.165, 1.54) is 5.56 Å². The number of benzene rings is 2. The predicted octanol–water partition coefficient (Wildman–Crippen LogP) is 4.35. The first-order chi connectivity index (χ1) is 15.2. The summed E-state index contributed by atoms with van der Waals surface area (Å²) in [5.74, 6) is 0. The van der Waals surface area contributed by atoms with Gasteiger partial charge in [-0.25, -0.2) is 4.79 Å². The van der Waals surface area contributed by atoms with Crippen molar-refractivity contribution >= 4 is 19.3 Å². The van der Waals surface area contributed by atoms with E-state index in [4.69, 9.17) is 14.0 Å². The van der Waals surface area contributed by atoms with Crippen molar-refractivity contribution in [2.24, 2.45) is 0 Å². The summed E-state index contributed by atoms with van der Waals surface area (Å²) in [6.07, 6.45) is 1.52. The van der Waals surface area contributed by atoms with Gasteiger partial charge in [0.05, 0.1) is 11.2 Å². The topological polar surface area (TPSA) is 68.8 Å². The summed E-state index contributed by atoms with van der Waals surface area (Å²) >= 11 is 0. The van der Waals surface area contributed by atoms with Crippen LogP contribution in [0.5, 0.6) is 0 Å². The van der Waals surface area contributed by atoms with Gasteiger partial charge >= 0.3 is 13.2 Å². The van der Waals surface area contributed by atoms with Gasteiger partial charge < -0.3 is 24.7 Å². The van der Waals surface area contributed by atoms with Crippen molar-refractivity contribution in [3.63, 3.8) is 0 Å². The van der Waals surface area contributed by atoms with Crippen LogP contribution in [0.1, 0.15) is 44.4 Å². The van der Waals surface area contributed by atoms with E-state index >= 15 is 0 Å². The van der Waals surface area contributed by atoms with Gasteiger partial charge in [0.25, 0.3) is 0 Å². The summed E-state index contributed by atoms with van der Waals surface area (Å²) in [5.41, 5.74) is 3.02. The molecule has 1 heterocycles. The van der Waals surface area contributed by atoms with Crippen molar-refractivity contribution in [2.45, 2.75) is 52.0 Å². The third-order valence-corrected chi connectivity index (χ3v) is 5.92. The van der Waals surface area contributed by atoms with Crippen molar-refractivity contribution in [2.75, 3.05) is 13.6 Å². The molecule has 6 nitrogen and oxygen atoms in total. The highest BCUT2D eigenvalue weighted by atomic mass is 16.7. The summed E-state index contributed by atoms with van der Waals surface area (Å²) in [4.78, 5) is 12.3. The van der Waals surface area contributed by atoms with E-state index in [-0.39, 0.29) is 13.2 Å². The Labute approximate surface area is 191 Å². The minimum atomic E-state index is -0.564. The van der Waals surface area contributed by atoms with E-state index in [0.717, 1.165) is 23.1 Å². The number of amides is 1. The Balaban J connectivity index is 1.71. The molecular formula is C25H33BN2O4. The molecule has 0 bridgehead atoms. The number of hydrogen-bond donors (Lipinski definition) is 2. The fraction of sp³-hybridized carbons (Fsp3) is 0.400. The summed E-state index contributed by atoms with van der Waals surface area (Å²) in [7, 11) is 1.36. The number of rotatable bonds is 8. The Bertz CT molecular complexity index is 911. The molecular weight excluding hydrogens is 403 g/mol. The first kappa shape index (κ1) is 24.0. The third-order valence-electron chi connectivity index (χ3n) is 5.92. The van der Waals surface area contributed by atoms with Gasteiger partial charge in [0.1, 0.15) is 6.61 Å². The molecule has 0 aromatic heterocycles. The second-order valence-corrected chi connectivity index (χ2v) is 8.99. The van der Waals surface area contributed by atoms with E-state index in [1.807, 2.05) is 83.3 Å². The average molecular weight is 436 g/mol. The Hall–Kier alpha value is -2.61. The number of alkyl carbamates (subject to hydrolysis) is 1. The first-order valence-electron chi connectivity index (χ1n) is 10.9. The SMILES string of the molecule is CNCc1ccc(C=C(CNC(=O)OCc2ccccc2)B2OC(C)(C)C(C)(C)O2)cc1. The monoisotopic (exact) mass is 436 g/mol. The minimum Gasteiger partial charge on any atom is -0.445 e. The molecule has 7 heteroatoms. The Kier molecular flexibility index (Phi) is 7.77. The van der Waals surface area contributed by atoms with Crippen LogP contribution >= 0.6 is 0 Å². The third kappa shape index (κ3) is 6.22. The maximum absolute atomic E-state index is 12.3. The molecule has 0 saturated carbocycles. The molecule has 2 N–H and O–H groups in total. The van der Waals surface area contributed by atoms with Gasteiger partial charge in [-0.05, 0) is 56.9 Å². The molecule has 32 heavy (non-hydrogen) atoms. The fourth-order valence-corrected chi connectivity index (χ4v) is 3.30. The second kappa shape index (κ2) is 10.3. The molecule has 0 atom stereocenters. The van der Waals surface area contributed by atoms with Crippen LogP contribution in [-0.4, -0.2) is 38.0 Å². The second-order valence-electron chi connectivity index (χ2n) is 8.99. The Morgan fingerprint density at radius 3 is 2.19 bits per heavy atom. The van der Waals surface area contributed by atoms with Crippen molar-refractivity contribution in [1.29, 1.82) is 0 Å². The van der Waals surface area contributed by atoms with Gasteiger partial charge in [0.15, 0.2) is 0 Å². The van der Waals surface area contributed by atoms with Gasteiger partial charge in [-0.15, -0.1) is 0 Å². The van der Waals surface area contributed by atoms with Gasteiger partial charge in [-0.3, -0.25) is 0 Å². The number of ether oxygens (including phenoxy) is 1. The summed E-state index contributed by atoms with van der Waals surface area (Å²) < 4.78 is 17.8. The van der Waals surface area contributed by atoms with Crippen LogP contribution in [0.3, 0.4) is 0 Å². The predicted molar refractivity (Wildman–Crippen MR) is 128 cm³/mol. The quantitative estimate of drug-likeness (QED) is 0.603. The lowest BCUT2D eigenvalue weighted by Crippen LogP contribution is -2.41. The average Bonchev–Trinajstić information content (AvgIpc) is 2.98. The largest absolute Gasteiger partial charge is 0.492 e. The maximum atomic E-state index is 12.3. The smallest absolute Gasteiger partial charge is 0.445 e. The number of hydrogen-bond acceptors (Lipinski definition) is 5. The lowest BCUT2D eigenvalue weighted by molar-refractivity contribution is 0.00578. The molecule has 1 amide bonds. The zero-order valence-electron chi connectivity index (χ0n) is 19.6. The molecule has 1 fully saturated rings. The van der Waals surface area contributed by atoms with Gasteiger partial charge in [0.2, 0.25) is 0 Å². The van der Waals surface area contributed by atoms with E-state index in [2.05, 4.69) is 22.8 Å². The molecule has 2 aromatic rings. The van der Waals surface area contributed by atoms with Gasteiger partial charge in [0, 0.05) is 13.1 Å². The summed E-state index contributed by atoms with van der Waals surface area (Å²) in [5, 5.41) is 5.98. The van der Waals surface area contributed by atoms with Crippen LogP contribution in [0, 0.1) is 0 Å². The zero-order valence-corrected chi connectivity index (χ0v) is 19.6. The molecule has 1 aliphatic heterocycles. The Morgan fingerprint density at radius 2 is 1.59 bits per heavy atom. The van der Waals surface area contributed by atoms with Crippen LogP contribution in [0.4, 0.5) is 4.79 Å². The van der Waals surface area contributed by atoms with Crippen LogP contribution < -0.4 is 10.6 Å². The lowest BCUT2D eigenvalue weighted by atomic mass is 9.77. The van der Waals surface area contributed by atoms with E-state index < -0.39 is 24.4 Å². The summed E-state index contributed by atoms with van der Waals surface area (Å²) in [6.45, 7) is 9.33. The van der Waals surface area contributed by atoms with Crippen molar-refractivity contribution in [3.8, 4) is 0 Å². The molecule has 170 valence electrons. The van der Waals surface area contributed by atoms with E-state index in [9.17, 15) is 4.79 Å². The lowest BCUT2D eigenvalue weighted by Gasteiger charge is -2.32. The van der Waals surface area contributed by atoms with Crippen LogP contribution in [-0.2, 0) is 27.2 Å². The molecule has 0 unspecified atom stereocenters. The number of carbonyl (C=O) groups excluding carboxylic acids is 1. The Morgan fingerprint density at radius 1 is 0.969 bits per heavy atom. The van der Waals surface area contributed by atoms with Gasteiger partial charge in [-0.1, -0.05) is 60.7 Å². The first-order valence-corrected chi connectivity index (χ1v) is 10.9. The molecule has 0 aliphatic carbocycles. The minimum absolute atomic E-state index is 0.217. The molecule has 2 aromatic carbocycles. The molecule has 3 rings (SSSR count). The van der Waals surface area contributed by atoms with Crippen molar-refractivity contribution < 1.29 is 18.8 Å². The van der Waals surface area contributed by atoms with Crippen molar-refractivity contribution in [3.05, 3.63) is 76.8 Å². The zero-order chi connectivity index (χ0) is 23.2. The highest BCUT2D eigenvalue weighted by Crippen LogP contribution is 2.38. The maximum Gasteiger partial charge on any atom is 0.492 e. The van der Waals surface area contributed by atoms with Crippen molar-refractivity contribution in [1.82, 2.24) is 10.6 Å². The summed E-state index contributed by atoms with van der Waals surface area (Å²) in [6, 6.07) is 17.8. The van der Waals surface area contributed by atoms with Crippen LogP contribution in [0.25, 0.3) is 6.08 Å². The van der Waals surface area contributed by atoms with Crippen LogP contribution in [0.2, 0.25) is 0 Å². The molecule has 0 spiro atoms. The molecule has 1 saturated heterocycles. The molecule has 0 radical (unpaired) electrons. The molecule has 1 aliphatic rings. The number of nitrogens with one attached hydrogen (secondary N) is 2. The van der Waals surface area contributed by atoms with E-state index in [0.29, 0.717) is 0 Å². The normalized spacial score (nSPS) is 17.3. The van der Waals surface area contributed by atoms with Gasteiger partial charge in [-0.2, -0.15) is 0 Å². The fourth-order valence-electron chi connectivity index (χ4n) is 3.30. The van der Waals surface area contributed by atoms with Crippen LogP contribution in [0.15, 0.2) is 60.1 Å². The highest BCUT2D eigenvalue weighted by Gasteiger charge is 2.52. The number of carbonyl (C=O) groups is 1. The standard InChI is InChI=1S/C25H33BN2O4/c1-24(2)25(3,4)32-26(31-24)22(15-19-11-13-20(14-12-19)16-27-5)17-28-23(29)30-18-21-9-7-6-8-10-21/h6-15,27H,16-18H2,1-5H3,(H,28,29).